The molecule has 0 fully saturated rings. The summed E-state index contributed by atoms with van der Waals surface area (Å²) in [5.74, 6) is -0.103. The first-order valence-electron chi connectivity index (χ1n) is 7.70. The molecule has 4 rings (SSSR count). The van der Waals surface area contributed by atoms with Crippen LogP contribution >= 0.6 is 11.6 Å². The summed E-state index contributed by atoms with van der Waals surface area (Å²) in [6.45, 7) is 1.81. The monoisotopic (exact) mass is 342 g/mol. The number of benzene rings is 1. The maximum Gasteiger partial charge on any atom is 0.302 e. The molecule has 3 aromatic rings. The number of esters is 1. The Labute approximate surface area is 143 Å². The van der Waals surface area contributed by atoms with Gasteiger partial charge in [0.1, 0.15) is 11.8 Å². The Balaban J connectivity index is 1.76. The van der Waals surface area contributed by atoms with E-state index in [0.717, 1.165) is 6.42 Å². The Kier molecular flexibility index (Phi) is 3.69. The number of imidazole rings is 1. The minimum Gasteiger partial charge on any atom is -0.465 e. The average molecular weight is 343 g/mol. The number of hydrogen-bond acceptors (Lipinski definition) is 5. The molecule has 2 atom stereocenters. The third kappa shape index (κ3) is 2.43. The second-order valence-corrected chi connectivity index (χ2v) is 6.23. The number of hydrogen-bond donors (Lipinski definition) is 0. The maximum absolute atomic E-state index is 11.2. The van der Waals surface area contributed by atoms with Crippen LogP contribution in [0.15, 0.2) is 36.9 Å². The lowest BCUT2D eigenvalue weighted by atomic mass is 10.0. The molecule has 1 aliphatic carbocycles. The lowest BCUT2D eigenvalue weighted by molar-refractivity contribution is -0.141. The molecular formula is C17H15ClN4O2. The summed E-state index contributed by atoms with van der Waals surface area (Å²) in [6, 6.07) is 8.29. The highest BCUT2D eigenvalue weighted by Crippen LogP contribution is 2.43. The van der Waals surface area contributed by atoms with E-state index in [1.54, 1.807) is 6.33 Å². The smallest absolute Gasteiger partial charge is 0.302 e. The third-order valence-electron chi connectivity index (χ3n) is 4.44. The first-order chi connectivity index (χ1) is 11.6. The first kappa shape index (κ1) is 15.1. The number of carbonyl (C=O) groups is 1. The van der Waals surface area contributed by atoms with E-state index in [9.17, 15) is 4.79 Å². The molecule has 0 N–H and O–H groups in total. The van der Waals surface area contributed by atoms with Crippen molar-refractivity contribution < 1.29 is 9.53 Å². The molecule has 1 aliphatic rings. The van der Waals surface area contributed by atoms with Crippen molar-refractivity contribution in [2.75, 3.05) is 6.61 Å². The quantitative estimate of drug-likeness (QED) is 0.540. The van der Waals surface area contributed by atoms with E-state index < -0.39 is 0 Å². The third-order valence-corrected chi connectivity index (χ3v) is 4.72. The molecule has 0 unspecified atom stereocenters. The number of aromatic nitrogens is 4. The summed E-state index contributed by atoms with van der Waals surface area (Å²) in [5.41, 5.74) is 3.71. The molecule has 0 saturated heterocycles. The van der Waals surface area contributed by atoms with Gasteiger partial charge in [-0.25, -0.2) is 15.0 Å². The van der Waals surface area contributed by atoms with Gasteiger partial charge in [0, 0.05) is 12.8 Å². The van der Waals surface area contributed by atoms with Crippen LogP contribution in [0.2, 0.25) is 5.15 Å². The van der Waals surface area contributed by atoms with Gasteiger partial charge in [0.05, 0.1) is 19.0 Å². The lowest BCUT2D eigenvalue weighted by Crippen LogP contribution is -2.10. The van der Waals surface area contributed by atoms with Crippen LogP contribution in [0.5, 0.6) is 0 Å². The second-order valence-electron chi connectivity index (χ2n) is 5.87. The van der Waals surface area contributed by atoms with E-state index in [0.29, 0.717) is 22.9 Å². The van der Waals surface area contributed by atoms with Crippen LogP contribution < -0.4 is 0 Å². The molecule has 0 radical (unpaired) electrons. The van der Waals surface area contributed by atoms with Gasteiger partial charge in [0.2, 0.25) is 0 Å². The highest BCUT2D eigenvalue weighted by molar-refractivity contribution is 6.33. The average Bonchev–Trinajstić information content (AvgIpc) is 3.15. The standard InChI is InChI=1S/C17H15ClN4O2/c1-10(23)24-7-11-6-14(13-5-3-2-4-12(11)13)22-9-21-15-16(18)19-8-20-17(15)22/h2-5,8-9,11,14H,6-7H2,1H3/t11-,14-/m1/s1. The number of carbonyl (C=O) groups excluding carboxylic acids is 1. The second kappa shape index (κ2) is 5.87. The molecule has 24 heavy (non-hydrogen) atoms. The highest BCUT2D eigenvalue weighted by atomic mass is 35.5. The Bertz CT molecular complexity index is 924. The molecule has 6 nitrogen and oxygen atoms in total. The fourth-order valence-electron chi connectivity index (χ4n) is 3.40. The number of nitrogens with zero attached hydrogens (tertiary/aromatic N) is 4. The minimum absolute atomic E-state index is 0.0812. The summed E-state index contributed by atoms with van der Waals surface area (Å²) in [4.78, 5) is 23.8. The Morgan fingerprint density at radius 3 is 2.88 bits per heavy atom. The number of fused-ring (bicyclic) bond motifs is 2. The van der Waals surface area contributed by atoms with Crippen molar-refractivity contribution >= 4 is 28.7 Å². The van der Waals surface area contributed by atoms with Crippen LogP contribution in [0.25, 0.3) is 11.2 Å². The zero-order chi connectivity index (χ0) is 16.7. The Morgan fingerprint density at radius 1 is 1.29 bits per heavy atom. The topological polar surface area (TPSA) is 69.9 Å². The van der Waals surface area contributed by atoms with E-state index in [2.05, 4.69) is 27.1 Å². The van der Waals surface area contributed by atoms with Gasteiger partial charge in [-0.05, 0) is 17.5 Å². The summed E-state index contributed by atoms with van der Waals surface area (Å²) < 4.78 is 7.27. The summed E-state index contributed by atoms with van der Waals surface area (Å²) in [7, 11) is 0. The van der Waals surface area contributed by atoms with Gasteiger partial charge < -0.3 is 9.30 Å². The van der Waals surface area contributed by atoms with Gasteiger partial charge in [-0.2, -0.15) is 0 Å². The summed E-state index contributed by atoms with van der Waals surface area (Å²) >= 11 is 6.11. The zero-order valence-electron chi connectivity index (χ0n) is 13.0. The molecule has 7 heteroatoms. The zero-order valence-corrected chi connectivity index (χ0v) is 13.8. The minimum atomic E-state index is -0.261. The first-order valence-corrected chi connectivity index (χ1v) is 8.08. The largest absolute Gasteiger partial charge is 0.465 e. The molecule has 2 aromatic heterocycles. The van der Waals surface area contributed by atoms with Gasteiger partial charge >= 0.3 is 5.97 Å². The van der Waals surface area contributed by atoms with Crippen molar-refractivity contribution in [1.82, 2.24) is 19.5 Å². The van der Waals surface area contributed by atoms with Gasteiger partial charge in [-0.1, -0.05) is 35.9 Å². The predicted octanol–water partition coefficient (Wildman–Crippen LogP) is 3.12. The van der Waals surface area contributed by atoms with Gasteiger partial charge in [0.25, 0.3) is 0 Å². The van der Waals surface area contributed by atoms with Crippen LogP contribution in [-0.4, -0.2) is 32.1 Å². The molecule has 1 aromatic carbocycles. The van der Waals surface area contributed by atoms with Crippen molar-refractivity contribution in [3.05, 3.63) is 53.2 Å². The Hall–Kier alpha value is -2.47. The highest BCUT2D eigenvalue weighted by Gasteiger charge is 2.33. The van der Waals surface area contributed by atoms with E-state index in [1.165, 1.54) is 24.4 Å². The predicted molar refractivity (Wildman–Crippen MR) is 88.9 cm³/mol. The van der Waals surface area contributed by atoms with Crippen molar-refractivity contribution in [3.63, 3.8) is 0 Å². The van der Waals surface area contributed by atoms with Gasteiger partial charge in [-0.3, -0.25) is 4.79 Å². The molecule has 0 saturated carbocycles. The molecule has 0 aliphatic heterocycles. The molecule has 0 amide bonds. The number of ether oxygens (including phenoxy) is 1. The van der Waals surface area contributed by atoms with Crippen molar-refractivity contribution in [1.29, 1.82) is 0 Å². The van der Waals surface area contributed by atoms with Gasteiger partial charge in [-0.15, -0.1) is 0 Å². The maximum atomic E-state index is 11.2. The van der Waals surface area contributed by atoms with Crippen molar-refractivity contribution in [3.8, 4) is 0 Å². The van der Waals surface area contributed by atoms with E-state index in [1.807, 2.05) is 16.7 Å². The normalized spacial score (nSPS) is 19.4. The van der Waals surface area contributed by atoms with Crippen LogP contribution in [-0.2, 0) is 9.53 Å². The van der Waals surface area contributed by atoms with Crippen LogP contribution in [0.1, 0.15) is 36.4 Å². The fraction of sp³-hybridized carbons (Fsp3) is 0.294. The van der Waals surface area contributed by atoms with E-state index in [4.69, 9.17) is 16.3 Å². The fourth-order valence-corrected chi connectivity index (χ4v) is 3.58. The lowest BCUT2D eigenvalue weighted by Gasteiger charge is -2.14. The molecule has 0 bridgehead atoms. The summed E-state index contributed by atoms with van der Waals surface area (Å²) in [6.07, 6.45) is 4.01. The van der Waals surface area contributed by atoms with E-state index in [-0.39, 0.29) is 17.9 Å². The molecular weight excluding hydrogens is 328 g/mol. The van der Waals surface area contributed by atoms with Crippen LogP contribution in [0, 0.1) is 0 Å². The molecule has 122 valence electrons. The van der Waals surface area contributed by atoms with Crippen LogP contribution in [0.4, 0.5) is 0 Å². The Morgan fingerprint density at radius 2 is 2.08 bits per heavy atom. The van der Waals surface area contributed by atoms with Crippen LogP contribution in [0.3, 0.4) is 0 Å². The van der Waals surface area contributed by atoms with E-state index >= 15 is 0 Å². The molecule has 0 spiro atoms. The summed E-state index contributed by atoms with van der Waals surface area (Å²) in [5, 5.41) is 0.349. The van der Waals surface area contributed by atoms with Gasteiger partial charge in [0.15, 0.2) is 10.8 Å². The number of rotatable bonds is 3. The number of halogens is 1. The van der Waals surface area contributed by atoms with Crippen molar-refractivity contribution in [2.24, 2.45) is 0 Å². The SMILES string of the molecule is CC(=O)OC[C@H]1C[C@@H](n2cnc3c(Cl)ncnc32)c2ccccc21. The van der Waals surface area contributed by atoms with Crippen molar-refractivity contribution in [2.45, 2.75) is 25.3 Å². The molecule has 2 heterocycles.